The quantitative estimate of drug-likeness (QED) is 0.448. The molecule has 0 saturated carbocycles. The molecule has 0 heterocycles. The number of likely N-dealkylation sites (N-methyl/N-ethyl adjacent to an activating group) is 1. The molecule has 0 aliphatic carbocycles. The van der Waals surface area contributed by atoms with Crippen molar-refractivity contribution in [2.45, 2.75) is 43.8 Å². The van der Waals surface area contributed by atoms with Gasteiger partial charge in [0.1, 0.15) is 17.1 Å². The molecule has 160 valence electrons. The van der Waals surface area contributed by atoms with Crippen molar-refractivity contribution in [2.24, 2.45) is 0 Å². The van der Waals surface area contributed by atoms with E-state index in [4.69, 9.17) is 22.1 Å². The third-order valence-electron chi connectivity index (χ3n) is 5.22. The maximum atomic E-state index is 14.3. The zero-order chi connectivity index (χ0) is 22.0. The highest BCUT2D eigenvalue weighted by atomic mass is 35.5. The molecular formula is C21H25ClF4N2O. The van der Waals surface area contributed by atoms with Gasteiger partial charge in [-0.1, -0.05) is 31.5 Å². The fourth-order valence-electron chi connectivity index (χ4n) is 3.67. The van der Waals surface area contributed by atoms with Crippen molar-refractivity contribution in [3.8, 4) is 5.75 Å². The summed E-state index contributed by atoms with van der Waals surface area (Å²) in [7, 11) is 2.66. The van der Waals surface area contributed by atoms with E-state index < -0.39 is 29.4 Å². The molecule has 1 atom stereocenters. The molecule has 0 radical (unpaired) electrons. The largest absolute Gasteiger partial charge is 0.496 e. The molecule has 0 amide bonds. The van der Waals surface area contributed by atoms with Crippen molar-refractivity contribution in [3.05, 3.63) is 58.4 Å². The Bertz CT molecular complexity index is 870. The van der Waals surface area contributed by atoms with Crippen molar-refractivity contribution in [3.63, 3.8) is 0 Å². The van der Waals surface area contributed by atoms with Crippen LogP contribution in [0.4, 0.5) is 23.2 Å². The molecule has 0 aromatic heterocycles. The summed E-state index contributed by atoms with van der Waals surface area (Å²) in [5.41, 5.74) is 3.31. The SMILES string of the molecule is CNC(Cc1ccc(N)cc1Cl)(CC(C)(C)c1cc(F)ccc1OC)C(F)(F)F. The van der Waals surface area contributed by atoms with E-state index in [-0.39, 0.29) is 11.4 Å². The standard InChI is InChI=1S/C21H25ClF4N2O/c1-19(2,16-9-14(23)6-8-18(16)29-4)12-20(28-3,21(24,25)26)11-13-5-7-15(27)10-17(13)22/h5-10,28H,11-12,27H2,1-4H3. The molecule has 0 saturated heterocycles. The Morgan fingerprint density at radius 1 is 1.10 bits per heavy atom. The van der Waals surface area contributed by atoms with Crippen LogP contribution in [0.2, 0.25) is 5.02 Å². The van der Waals surface area contributed by atoms with Crippen LogP contribution in [0.15, 0.2) is 36.4 Å². The van der Waals surface area contributed by atoms with Gasteiger partial charge in [-0.3, -0.25) is 0 Å². The number of nitrogens with two attached hydrogens (primary N) is 1. The van der Waals surface area contributed by atoms with Crippen molar-refractivity contribution in [1.29, 1.82) is 0 Å². The first-order valence-electron chi connectivity index (χ1n) is 8.99. The lowest BCUT2D eigenvalue weighted by Gasteiger charge is -2.42. The van der Waals surface area contributed by atoms with Gasteiger partial charge in [-0.25, -0.2) is 4.39 Å². The molecule has 0 aliphatic rings. The third kappa shape index (κ3) is 4.95. The molecule has 1 unspecified atom stereocenters. The topological polar surface area (TPSA) is 47.3 Å². The molecule has 3 nitrogen and oxygen atoms in total. The average Bonchev–Trinajstić information content (AvgIpc) is 2.62. The van der Waals surface area contributed by atoms with Crippen LogP contribution in [0.3, 0.4) is 0 Å². The molecule has 2 aromatic carbocycles. The zero-order valence-electron chi connectivity index (χ0n) is 16.8. The van der Waals surface area contributed by atoms with Crippen LogP contribution in [-0.2, 0) is 11.8 Å². The smallest absolute Gasteiger partial charge is 0.406 e. The highest BCUT2D eigenvalue weighted by molar-refractivity contribution is 6.31. The van der Waals surface area contributed by atoms with Gasteiger partial charge in [-0.2, -0.15) is 13.2 Å². The number of alkyl halides is 3. The molecule has 2 rings (SSSR count). The van der Waals surface area contributed by atoms with Gasteiger partial charge in [0.05, 0.1) is 7.11 Å². The normalized spacial score (nSPS) is 14.5. The summed E-state index contributed by atoms with van der Waals surface area (Å²) in [4.78, 5) is 0. The molecule has 0 aliphatic heterocycles. The number of benzene rings is 2. The molecule has 3 N–H and O–H groups in total. The highest BCUT2D eigenvalue weighted by Gasteiger charge is 2.56. The highest BCUT2D eigenvalue weighted by Crippen LogP contribution is 2.45. The molecule has 29 heavy (non-hydrogen) atoms. The van der Waals surface area contributed by atoms with E-state index in [9.17, 15) is 17.6 Å². The molecule has 8 heteroatoms. The number of nitrogens with one attached hydrogen (secondary N) is 1. The summed E-state index contributed by atoms with van der Waals surface area (Å²) < 4.78 is 62.2. The second kappa shape index (κ2) is 8.40. The lowest BCUT2D eigenvalue weighted by Crippen LogP contribution is -2.59. The van der Waals surface area contributed by atoms with Crippen molar-refractivity contribution in [2.75, 3.05) is 19.9 Å². The number of nitrogen functional groups attached to an aromatic ring is 1. The summed E-state index contributed by atoms with van der Waals surface area (Å²) >= 11 is 6.15. The van der Waals surface area contributed by atoms with Crippen LogP contribution in [0, 0.1) is 5.82 Å². The van der Waals surface area contributed by atoms with Gasteiger partial charge < -0.3 is 15.8 Å². The Morgan fingerprint density at radius 3 is 2.28 bits per heavy atom. The maximum absolute atomic E-state index is 14.3. The summed E-state index contributed by atoms with van der Waals surface area (Å²) in [5, 5.41) is 2.64. The predicted octanol–water partition coefficient (Wildman–Crippen LogP) is 5.50. The average molecular weight is 433 g/mol. The first-order chi connectivity index (χ1) is 13.3. The Kier molecular flexibility index (Phi) is 6.75. The fraction of sp³-hybridized carbons (Fsp3) is 0.429. The Hall–Kier alpha value is -1.99. The number of methoxy groups -OCH3 is 1. The van der Waals surface area contributed by atoms with Crippen LogP contribution in [0.1, 0.15) is 31.4 Å². The van der Waals surface area contributed by atoms with Crippen LogP contribution in [0.25, 0.3) is 0 Å². The van der Waals surface area contributed by atoms with E-state index in [1.165, 1.54) is 50.6 Å². The Morgan fingerprint density at radius 2 is 1.76 bits per heavy atom. The summed E-state index contributed by atoms with van der Waals surface area (Å²) in [6, 6.07) is 8.27. The molecule has 2 aromatic rings. The van der Waals surface area contributed by atoms with Crippen molar-refractivity contribution >= 4 is 17.3 Å². The minimum Gasteiger partial charge on any atom is -0.496 e. The number of anilines is 1. The molecular weight excluding hydrogens is 408 g/mol. The van der Waals surface area contributed by atoms with Gasteiger partial charge in [0.25, 0.3) is 0 Å². The van der Waals surface area contributed by atoms with Crippen LogP contribution < -0.4 is 15.8 Å². The Labute approximate surface area is 173 Å². The van der Waals surface area contributed by atoms with Gasteiger partial charge in [0.15, 0.2) is 0 Å². The monoisotopic (exact) mass is 432 g/mol. The van der Waals surface area contributed by atoms with Gasteiger partial charge >= 0.3 is 6.18 Å². The summed E-state index contributed by atoms with van der Waals surface area (Å²) in [6.45, 7) is 3.26. The lowest BCUT2D eigenvalue weighted by atomic mass is 9.71. The molecule has 0 spiro atoms. The van der Waals surface area contributed by atoms with Gasteiger partial charge in [-0.15, -0.1) is 0 Å². The van der Waals surface area contributed by atoms with Gasteiger partial charge in [0.2, 0.25) is 0 Å². The van der Waals surface area contributed by atoms with E-state index in [0.717, 1.165) is 0 Å². The van der Waals surface area contributed by atoms with E-state index in [2.05, 4.69) is 5.32 Å². The van der Waals surface area contributed by atoms with E-state index in [1.54, 1.807) is 13.8 Å². The van der Waals surface area contributed by atoms with Crippen molar-refractivity contribution < 1.29 is 22.3 Å². The number of halogens is 5. The number of hydrogen-bond acceptors (Lipinski definition) is 3. The van der Waals surface area contributed by atoms with Crippen molar-refractivity contribution in [1.82, 2.24) is 5.32 Å². The number of hydrogen-bond donors (Lipinski definition) is 2. The first kappa shape index (κ1) is 23.3. The van der Waals surface area contributed by atoms with Crippen LogP contribution in [0.5, 0.6) is 5.75 Å². The van der Waals surface area contributed by atoms with E-state index in [0.29, 0.717) is 22.6 Å². The minimum atomic E-state index is -4.61. The number of rotatable bonds is 7. The van der Waals surface area contributed by atoms with Crippen LogP contribution in [-0.4, -0.2) is 25.9 Å². The number of ether oxygens (including phenoxy) is 1. The van der Waals surface area contributed by atoms with Gasteiger partial charge in [0, 0.05) is 22.7 Å². The summed E-state index contributed by atoms with van der Waals surface area (Å²) in [6.07, 6.45) is -5.39. The van der Waals surface area contributed by atoms with E-state index >= 15 is 0 Å². The Balaban J connectivity index is 2.54. The van der Waals surface area contributed by atoms with Crippen LogP contribution >= 0.6 is 11.6 Å². The second-order valence-electron chi connectivity index (χ2n) is 7.76. The molecule has 0 fully saturated rings. The maximum Gasteiger partial charge on any atom is 0.406 e. The molecule has 0 bridgehead atoms. The zero-order valence-corrected chi connectivity index (χ0v) is 17.5. The minimum absolute atomic E-state index is 0.162. The predicted molar refractivity (Wildman–Crippen MR) is 108 cm³/mol. The summed E-state index contributed by atoms with van der Waals surface area (Å²) in [5.74, 6) is -0.216. The van der Waals surface area contributed by atoms with E-state index in [1.807, 2.05) is 0 Å². The lowest BCUT2D eigenvalue weighted by molar-refractivity contribution is -0.201. The third-order valence-corrected chi connectivity index (χ3v) is 5.58. The first-order valence-corrected chi connectivity index (χ1v) is 9.36. The fourth-order valence-corrected chi connectivity index (χ4v) is 3.93. The second-order valence-corrected chi connectivity index (χ2v) is 8.17. The van der Waals surface area contributed by atoms with Gasteiger partial charge in [-0.05, 0) is 54.8 Å².